The van der Waals surface area contributed by atoms with E-state index < -0.39 is 17.9 Å². The van der Waals surface area contributed by atoms with Crippen molar-refractivity contribution in [1.29, 1.82) is 0 Å². The van der Waals surface area contributed by atoms with E-state index >= 15 is 0 Å². The normalized spacial score (nSPS) is 12.2. The molecule has 4 heteroatoms. The maximum absolute atomic E-state index is 10.8. The first-order valence-electron chi connectivity index (χ1n) is 4.00. The molecule has 70 valence electrons. The molecule has 0 aromatic rings. The van der Waals surface area contributed by atoms with E-state index in [1.165, 1.54) is 0 Å². The van der Waals surface area contributed by atoms with E-state index in [2.05, 4.69) is 4.74 Å². The highest BCUT2D eigenvalue weighted by Gasteiger charge is 2.19. The highest BCUT2D eigenvalue weighted by molar-refractivity contribution is 5.78. The van der Waals surface area contributed by atoms with Crippen LogP contribution in [0.2, 0.25) is 0 Å². The van der Waals surface area contributed by atoms with Gasteiger partial charge in [-0.2, -0.15) is 0 Å². The van der Waals surface area contributed by atoms with Crippen LogP contribution < -0.4 is 0 Å². The van der Waals surface area contributed by atoms with Gasteiger partial charge in [-0.25, -0.2) is 0 Å². The van der Waals surface area contributed by atoms with Gasteiger partial charge in [0.2, 0.25) is 0 Å². The zero-order chi connectivity index (χ0) is 9.56. The molecule has 0 fully saturated rings. The second-order valence-electron chi connectivity index (χ2n) is 2.45. The van der Waals surface area contributed by atoms with Crippen LogP contribution in [-0.2, 0) is 14.3 Å². The Morgan fingerprint density at radius 1 is 1.42 bits per heavy atom. The largest absolute Gasteiger partial charge is 0.481 e. The summed E-state index contributed by atoms with van der Waals surface area (Å²) in [7, 11) is 0. The van der Waals surface area contributed by atoms with Crippen molar-refractivity contribution in [3.8, 4) is 0 Å². The number of ether oxygens (including phenoxy) is 1. The molecule has 1 atom stereocenters. The van der Waals surface area contributed by atoms with E-state index in [0.29, 0.717) is 13.0 Å². The minimum atomic E-state index is -0.939. The van der Waals surface area contributed by atoms with E-state index in [-0.39, 0.29) is 6.42 Å². The molecule has 0 saturated carbocycles. The first-order chi connectivity index (χ1) is 5.61. The molecule has 0 spiro atoms. The fraction of sp³-hybridized carbons (Fsp3) is 0.750. The van der Waals surface area contributed by atoms with Crippen LogP contribution in [0.15, 0.2) is 0 Å². The van der Waals surface area contributed by atoms with Crippen molar-refractivity contribution in [1.82, 2.24) is 0 Å². The number of carboxylic acid groups (broad SMARTS) is 1. The lowest BCUT2D eigenvalue weighted by molar-refractivity contribution is -0.151. The smallest absolute Gasteiger partial charge is 0.307 e. The molecule has 0 rings (SSSR count). The summed E-state index contributed by atoms with van der Waals surface area (Å²) in [6.07, 6.45) is 0.424. The molecule has 12 heavy (non-hydrogen) atoms. The number of carboxylic acids is 1. The van der Waals surface area contributed by atoms with Crippen molar-refractivity contribution in [2.75, 3.05) is 6.61 Å². The molecule has 0 aromatic heterocycles. The van der Waals surface area contributed by atoms with Crippen LogP contribution in [0.1, 0.15) is 26.7 Å². The number of rotatable bonds is 5. The van der Waals surface area contributed by atoms with E-state index in [1.54, 1.807) is 13.8 Å². The van der Waals surface area contributed by atoms with Crippen molar-refractivity contribution in [3.63, 3.8) is 0 Å². The molecule has 0 bridgehead atoms. The minimum Gasteiger partial charge on any atom is -0.481 e. The standard InChI is InChI=1S/C8H14O4/c1-3-6(8(10)11)5-7(9)12-4-2/h6H,3-5H2,1-2H3,(H,10,11). The van der Waals surface area contributed by atoms with Gasteiger partial charge in [0, 0.05) is 0 Å². The van der Waals surface area contributed by atoms with Gasteiger partial charge < -0.3 is 9.84 Å². The summed E-state index contributed by atoms with van der Waals surface area (Å²) in [5, 5.41) is 8.58. The zero-order valence-electron chi connectivity index (χ0n) is 7.37. The van der Waals surface area contributed by atoms with Crippen molar-refractivity contribution < 1.29 is 19.4 Å². The van der Waals surface area contributed by atoms with Crippen molar-refractivity contribution in [2.24, 2.45) is 5.92 Å². The average molecular weight is 174 g/mol. The molecule has 0 aliphatic carbocycles. The average Bonchev–Trinajstić information content (AvgIpc) is 2.00. The summed E-state index contributed by atoms with van der Waals surface area (Å²) in [6, 6.07) is 0. The predicted molar refractivity (Wildman–Crippen MR) is 42.7 cm³/mol. The summed E-state index contributed by atoms with van der Waals surface area (Å²) in [4.78, 5) is 21.3. The van der Waals surface area contributed by atoms with Crippen molar-refractivity contribution in [2.45, 2.75) is 26.7 Å². The Morgan fingerprint density at radius 3 is 2.33 bits per heavy atom. The van der Waals surface area contributed by atoms with Gasteiger partial charge in [-0.15, -0.1) is 0 Å². The molecular formula is C8H14O4. The molecule has 4 nitrogen and oxygen atoms in total. The maximum Gasteiger partial charge on any atom is 0.307 e. The maximum atomic E-state index is 10.8. The first kappa shape index (κ1) is 10.9. The van der Waals surface area contributed by atoms with Crippen LogP contribution in [0.3, 0.4) is 0 Å². The van der Waals surface area contributed by atoms with Crippen LogP contribution >= 0.6 is 0 Å². The number of aliphatic carboxylic acids is 1. The number of carbonyl (C=O) groups excluding carboxylic acids is 1. The van der Waals surface area contributed by atoms with E-state index in [4.69, 9.17) is 5.11 Å². The Morgan fingerprint density at radius 2 is 2.00 bits per heavy atom. The van der Waals surface area contributed by atoms with Crippen LogP contribution in [0.25, 0.3) is 0 Å². The van der Waals surface area contributed by atoms with Crippen LogP contribution in [-0.4, -0.2) is 23.7 Å². The Kier molecular flexibility index (Phi) is 5.08. The molecule has 0 aliphatic heterocycles. The molecule has 1 unspecified atom stereocenters. The van der Waals surface area contributed by atoms with Gasteiger partial charge >= 0.3 is 11.9 Å². The van der Waals surface area contributed by atoms with Crippen molar-refractivity contribution in [3.05, 3.63) is 0 Å². The minimum absolute atomic E-state index is 0.0281. The monoisotopic (exact) mass is 174 g/mol. The first-order valence-corrected chi connectivity index (χ1v) is 4.00. The van der Waals surface area contributed by atoms with Crippen LogP contribution in [0.4, 0.5) is 0 Å². The van der Waals surface area contributed by atoms with Gasteiger partial charge in [0.05, 0.1) is 18.9 Å². The van der Waals surface area contributed by atoms with Gasteiger partial charge in [0.15, 0.2) is 0 Å². The third kappa shape index (κ3) is 3.95. The molecular weight excluding hydrogens is 160 g/mol. The van der Waals surface area contributed by atoms with Crippen LogP contribution in [0, 0.1) is 5.92 Å². The quantitative estimate of drug-likeness (QED) is 0.633. The van der Waals surface area contributed by atoms with E-state index in [1.807, 2.05) is 0 Å². The third-order valence-electron chi connectivity index (χ3n) is 1.56. The Hall–Kier alpha value is -1.06. The fourth-order valence-corrected chi connectivity index (χ4v) is 0.827. The Labute approximate surface area is 71.5 Å². The molecule has 1 N–H and O–H groups in total. The molecule has 0 heterocycles. The highest BCUT2D eigenvalue weighted by Crippen LogP contribution is 2.08. The summed E-state index contributed by atoms with van der Waals surface area (Å²) in [6.45, 7) is 3.73. The predicted octanol–water partition coefficient (Wildman–Crippen LogP) is 1.05. The topological polar surface area (TPSA) is 63.6 Å². The van der Waals surface area contributed by atoms with Gasteiger partial charge in [0.1, 0.15) is 0 Å². The summed E-state index contributed by atoms with van der Waals surface area (Å²) < 4.78 is 4.62. The lowest BCUT2D eigenvalue weighted by atomic mass is 10.0. The molecule has 0 aliphatic rings. The molecule has 0 saturated heterocycles. The van der Waals surface area contributed by atoms with E-state index in [9.17, 15) is 9.59 Å². The summed E-state index contributed by atoms with van der Waals surface area (Å²) in [5.41, 5.74) is 0. The lowest BCUT2D eigenvalue weighted by Crippen LogP contribution is -2.18. The van der Waals surface area contributed by atoms with E-state index in [0.717, 1.165) is 0 Å². The second-order valence-corrected chi connectivity index (χ2v) is 2.45. The second kappa shape index (κ2) is 5.57. The van der Waals surface area contributed by atoms with Gasteiger partial charge in [-0.05, 0) is 13.3 Å². The highest BCUT2D eigenvalue weighted by atomic mass is 16.5. The SMILES string of the molecule is CCOC(=O)CC(CC)C(=O)O. The number of carbonyl (C=O) groups is 2. The van der Waals surface area contributed by atoms with Gasteiger partial charge in [0.25, 0.3) is 0 Å². The fourth-order valence-electron chi connectivity index (χ4n) is 0.827. The van der Waals surface area contributed by atoms with Gasteiger partial charge in [-0.3, -0.25) is 9.59 Å². The van der Waals surface area contributed by atoms with Gasteiger partial charge in [-0.1, -0.05) is 6.92 Å². The molecule has 0 amide bonds. The number of esters is 1. The summed E-state index contributed by atoms with van der Waals surface area (Å²) in [5.74, 6) is -1.98. The number of hydrogen-bond acceptors (Lipinski definition) is 3. The molecule has 0 aromatic carbocycles. The molecule has 0 radical (unpaired) electrons. The third-order valence-corrected chi connectivity index (χ3v) is 1.56. The lowest BCUT2D eigenvalue weighted by Gasteiger charge is -2.07. The Balaban J connectivity index is 3.85. The van der Waals surface area contributed by atoms with Crippen molar-refractivity contribution >= 4 is 11.9 Å². The summed E-state index contributed by atoms with van der Waals surface area (Å²) >= 11 is 0. The number of hydrogen-bond donors (Lipinski definition) is 1. The van der Waals surface area contributed by atoms with Crippen LogP contribution in [0.5, 0.6) is 0 Å². The Bertz CT molecular complexity index is 164. The zero-order valence-corrected chi connectivity index (χ0v) is 7.37.